The van der Waals surface area contributed by atoms with Crippen molar-refractivity contribution < 1.29 is 23.8 Å². The summed E-state index contributed by atoms with van der Waals surface area (Å²) in [5.74, 6) is 0.762. The summed E-state index contributed by atoms with van der Waals surface area (Å²) in [7, 11) is 0. The van der Waals surface area contributed by atoms with Gasteiger partial charge < -0.3 is 19.1 Å². The second-order valence-electron chi connectivity index (χ2n) is 6.36. The van der Waals surface area contributed by atoms with Crippen molar-refractivity contribution in [1.29, 1.82) is 0 Å². The molecule has 2 aliphatic rings. The van der Waals surface area contributed by atoms with Gasteiger partial charge in [0.2, 0.25) is 5.78 Å². The van der Waals surface area contributed by atoms with Crippen molar-refractivity contribution in [3.05, 3.63) is 77.6 Å². The Hall–Kier alpha value is -3.38. The van der Waals surface area contributed by atoms with Gasteiger partial charge in [-0.2, -0.15) is 0 Å². The number of morpholine rings is 1. The molecule has 2 aliphatic heterocycles. The Balaban J connectivity index is 1.44. The fourth-order valence-corrected chi connectivity index (χ4v) is 2.97. The van der Waals surface area contributed by atoms with Crippen molar-refractivity contribution >= 4 is 18.0 Å². The van der Waals surface area contributed by atoms with E-state index >= 15 is 0 Å². The molecule has 0 radical (unpaired) electrons. The molecule has 1 amide bonds. The number of Topliss-reactive ketones (excluding diaryl/α,β-unsaturated/α-hetero) is 1. The predicted octanol–water partition coefficient (Wildman–Crippen LogP) is 3.69. The van der Waals surface area contributed by atoms with Gasteiger partial charge in [0, 0.05) is 19.2 Å². The molecule has 1 saturated heterocycles. The molecule has 0 aliphatic carbocycles. The zero-order chi connectivity index (χ0) is 19.3. The Morgan fingerprint density at radius 2 is 1.86 bits per heavy atom. The summed E-state index contributed by atoms with van der Waals surface area (Å²) in [6, 6.07) is 14.5. The number of ether oxygens (including phenoxy) is 3. The van der Waals surface area contributed by atoms with Gasteiger partial charge in [-0.3, -0.25) is 4.79 Å². The number of benzene rings is 2. The van der Waals surface area contributed by atoms with E-state index in [0.717, 1.165) is 5.56 Å². The van der Waals surface area contributed by atoms with Crippen LogP contribution in [0.2, 0.25) is 0 Å². The summed E-state index contributed by atoms with van der Waals surface area (Å²) in [5.41, 5.74) is 1.48. The number of carbonyl (C=O) groups is 2. The molecular formula is C22H19NO5. The van der Waals surface area contributed by atoms with Crippen molar-refractivity contribution in [2.75, 3.05) is 26.3 Å². The second kappa shape index (κ2) is 8.10. The first kappa shape index (κ1) is 18.0. The molecule has 0 unspecified atom stereocenters. The van der Waals surface area contributed by atoms with E-state index in [4.69, 9.17) is 14.2 Å². The molecule has 0 atom stereocenters. The van der Waals surface area contributed by atoms with E-state index in [1.165, 1.54) is 0 Å². The Morgan fingerprint density at radius 3 is 2.64 bits per heavy atom. The number of carbonyl (C=O) groups excluding carboxylic acids is 2. The maximum absolute atomic E-state index is 12.5. The van der Waals surface area contributed by atoms with E-state index in [-0.39, 0.29) is 11.5 Å². The number of allylic oxidation sites excluding steroid dienone is 3. The molecule has 2 aromatic rings. The highest BCUT2D eigenvalue weighted by atomic mass is 16.6. The first-order chi connectivity index (χ1) is 13.7. The number of hydrogen-bond acceptors (Lipinski definition) is 5. The molecule has 0 spiro atoms. The maximum atomic E-state index is 12.5. The monoisotopic (exact) mass is 377 g/mol. The van der Waals surface area contributed by atoms with Gasteiger partial charge in [-0.1, -0.05) is 42.5 Å². The SMILES string of the molecule is O=C1/C(=C\C=C\c2ccccc2)Oc2cc(OC(=O)N3CCOCC3)ccc21. The molecule has 0 bridgehead atoms. The van der Waals surface area contributed by atoms with Crippen LogP contribution in [-0.2, 0) is 4.74 Å². The standard InChI is InChI=1S/C22H19NO5/c24-21-18-10-9-17(27-22(25)23-11-13-26-14-12-23)15-20(18)28-19(21)8-4-7-16-5-2-1-3-6-16/h1-10,15H,11-14H2/b7-4+,19-8+. The molecule has 2 aromatic carbocycles. The van der Waals surface area contributed by atoms with Gasteiger partial charge in [-0.25, -0.2) is 4.79 Å². The maximum Gasteiger partial charge on any atom is 0.415 e. The van der Waals surface area contributed by atoms with Crippen molar-refractivity contribution in [2.24, 2.45) is 0 Å². The smallest absolute Gasteiger partial charge is 0.415 e. The molecular weight excluding hydrogens is 358 g/mol. The van der Waals surface area contributed by atoms with E-state index in [2.05, 4.69) is 0 Å². The van der Waals surface area contributed by atoms with Gasteiger partial charge >= 0.3 is 6.09 Å². The largest absolute Gasteiger partial charge is 0.452 e. The first-order valence-corrected chi connectivity index (χ1v) is 9.05. The zero-order valence-corrected chi connectivity index (χ0v) is 15.2. The lowest BCUT2D eigenvalue weighted by Gasteiger charge is -2.25. The molecule has 0 N–H and O–H groups in total. The minimum Gasteiger partial charge on any atom is -0.452 e. The molecule has 0 aromatic heterocycles. The summed E-state index contributed by atoms with van der Waals surface area (Å²) in [6.45, 7) is 2.00. The van der Waals surface area contributed by atoms with Gasteiger partial charge in [0.05, 0.1) is 18.8 Å². The Morgan fingerprint density at radius 1 is 1.07 bits per heavy atom. The van der Waals surface area contributed by atoms with E-state index in [9.17, 15) is 9.59 Å². The highest BCUT2D eigenvalue weighted by Gasteiger charge is 2.28. The average Bonchev–Trinajstić information content (AvgIpc) is 3.04. The lowest BCUT2D eigenvalue weighted by Crippen LogP contribution is -2.42. The van der Waals surface area contributed by atoms with Crippen LogP contribution in [0.1, 0.15) is 15.9 Å². The molecule has 142 valence electrons. The molecule has 0 saturated carbocycles. The molecule has 6 nitrogen and oxygen atoms in total. The first-order valence-electron chi connectivity index (χ1n) is 9.05. The van der Waals surface area contributed by atoms with Gasteiger partial charge in [0.1, 0.15) is 11.5 Å². The summed E-state index contributed by atoms with van der Waals surface area (Å²) in [4.78, 5) is 26.2. The van der Waals surface area contributed by atoms with Crippen LogP contribution in [0.5, 0.6) is 11.5 Å². The molecule has 28 heavy (non-hydrogen) atoms. The molecule has 1 fully saturated rings. The molecule has 6 heteroatoms. The fraction of sp³-hybridized carbons (Fsp3) is 0.182. The van der Waals surface area contributed by atoms with Crippen LogP contribution < -0.4 is 9.47 Å². The third-order valence-electron chi connectivity index (χ3n) is 4.45. The van der Waals surface area contributed by atoms with Crippen molar-refractivity contribution in [3.63, 3.8) is 0 Å². The predicted molar refractivity (Wildman–Crippen MR) is 103 cm³/mol. The van der Waals surface area contributed by atoms with E-state index in [0.29, 0.717) is 43.4 Å². The minimum atomic E-state index is -0.436. The highest BCUT2D eigenvalue weighted by Crippen LogP contribution is 2.34. The van der Waals surface area contributed by atoms with E-state index in [1.54, 1.807) is 35.3 Å². The van der Waals surface area contributed by atoms with Crippen molar-refractivity contribution in [1.82, 2.24) is 4.90 Å². The zero-order valence-electron chi connectivity index (χ0n) is 15.2. The average molecular weight is 377 g/mol. The number of amides is 1. The van der Waals surface area contributed by atoms with Gasteiger partial charge in [-0.15, -0.1) is 0 Å². The van der Waals surface area contributed by atoms with Crippen LogP contribution in [0.3, 0.4) is 0 Å². The molecule has 4 rings (SSSR count). The number of hydrogen-bond donors (Lipinski definition) is 0. The number of fused-ring (bicyclic) bond motifs is 1. The van der Waals surface area contributed by atoms with Crippen LogP contribution in [0.25, 0.3) is 6.08 Å². The highest BCUT2D eigenvalue weighted by molar-refractivity contribution is 6.12. The number of rotatable bonds is 3. The molecule has 2 heterocycles. The van der Waals surface area contributed by atoms with Crippen molar-refractivity contribution in [2.45, 2.75) is 0 Å². The summed E-state index contributed by atoms with van der Waals surface area (Å²) < 4.78 is 16.3. The van der Waals surface area contributed by atoms with Crippen LogP contribution in [0, 0.1) is 0 Å². The van der Waals surface area contributed by atoms with Gasteiger partial charge in [0.25, 0.3) is 0 Å². The third kappa shape index (κ3) is 3.97. The number of ketones is 1. The van der Waals surface area contributed by atoms with Crippen LogP contribution in [0.4, 0.5) is 4.79 Å². The Bertz CT molecular complexity index is 943. The fourth-order valence-electron chi connectivity index (χ4n) is 2.97. The summed E-state index contributed by atoms with van der Waals surface area (Å²) in [6.07, 6.45) is 4.86. The van der Waals surface area contributed by atoms with Gasteiger partial charge in [-0.05, 0) is 23.8 Å². The van der Waals surface area contributed by atoms with Crippen LogP contribution >= 0.6 is 0 Å². The summed E-state index contributed by atoms with van der Waals surface area (Å²) in [5, 5.41) is 0. The Kier molecular flexibility index (Phi) is 5.21. The number of nitrogens with zero attached hydrogens (tertiary/aromatic N) is 1. The lowest BCUT2D eigenvalue weighted by molar-refractivity contribution is 0.0416. The normalized spacial score (nSPS) is 17.6. The van der Waals surface area contributed by atoms with Crippen molar-refractivity contribution in [3.8, 4) is 11.5 Å². The van der Waals surface area contributed by atoms with Gasteiger partial charge in [0.15, 0.2) is 5.76 Å². The van der Waals surface area contributed by atoms with Crippen LogP contribution in [0.15, 0.2) is 66.4 Å². The Labute approximate surface area is 162 Å². The van der Waals surface area contributed by atoms with E-state index in [1.807, 2.05) is 36.4 Å². The topological polar surface area (TPSA) is 65.1 Å². The lowest BCUT2D eigenvalue weighted by atomic mass is 10.1. The minimum absolute atomic E-state index is 0.196. The second-order valence-corrected chi connectivity index (χ2v) is 6.36. The van der Waals surface area contributed by atoms with E-state index < -0.39 is 6.09 Å². The van der Waals surface area contributed by atoms with Crippen LogP contribution in [-0.4, -0.2) is 43.1 Å². The quantitative estimate of drug-likeness (QED) is 0.764. The third-order valence-corrected chi connectivity index (χ3v) is 4.45. The summed E-state index contributed by atoms with van der Waals surface area (Å²) >= 11 is 0.